The minimum atomic E-state index is -4.40. The zero-order chi connectivity index (χ0) is 18.2. The van der Waals surface area contributed by atoms with E-state index in [1.165, 1.54) is 6.92 Å². The fraction of sp³-hybridized carbons (Fsp3) is 0.308. The first kappa shape index (κ1) is 18.5. The largest absolute Gasteiger partial charge is 0.398 e. The van der Waals surface area contributed by atoms with E-state index in [1.54, 1.807) is 0 Å². The lowest BCUT2D eigenvalue weighted by molar-refractivity contribution is -0.116. The molecule has 0 aromatic heterocycles. The minimum Gasteiger partial charge on any atom is -0.351 e. The van der Waals surface area contributed by atoms with Crippen LogP contribution in [0.2, 0.25) is 0 Å². The molecule has 1 fully saturated rings. The number of thiocarbonyl (C=S) groups is 1. The highest BCUT2D eigenvalue weighted by atomic mass is 32.2. The van der Waals surface area contributed by atoms with Crippen LogP contribution in [0.5, 0.6) is 0 Å². The summed E-state index contributed by atoms with van der Waals surface area (Å²) in [6.45, 7) is 0.998. The zero-order valence-electron chi connectivity index (χ0n) is 12.2. The third-order valence-electron chi connectivity index (χ3n) is 3.11. The summed E-state index contributed by atoms with van der Waals surface area (Å²) >= 11 is 5.40. The number of carbonyl (C=O) groups excluding carboxylic acids is 2. The molecule has 5 nitrogen and oxygen atoms in total. The van der Waals surface area contributed by atoms with Crippen LogP contribution < -0.4 is 10.6 Å². The highest BCUT2D eigenvalue weighted by molar-refractivity contribution is 7.99. The molecule has 24 heavy (non-hydrogen) atoms. The number of thioether (sulfide) groups is 1. The van der Waals surface area contributed by atoms with Gasteiger partial charge in [0.2, 0.25) is 0 Å². The van der Waals surface area contributed by atoms with Crippen LogP contribution in [0.1, 0.15) is 5.56 Å². The number of primary amides is 1. The second-order valence-electron chi connectivity index (χ2n) is 4.91. The molecule has 11 heteroatoms. The molecule has 0 saturated carbocycles. The number of hydrogen-bond donors (Lipinski definition) is 1. The number of anilines is 1. The van der Waals surface area contributed by atoms with Crippen LogP contribution in [0, 0.1) is 12.7 Å². The smallest absolute Gasteiger partial charge is 0.351 e. The quantitative estimate of drug-likeness (QED) is 0.497. The van der Waals surface area contributed by atoms with Gasteiger partial charge in [-0.3, -0.25) is 14.6 Å². The average Bonchev–Trinajstić information content (AvgIpc) is 2.73. The fourth-order valence-electron chi connectivity index (χ4n) is 2.04. The Kier molecular flexibility index (Phi) is 5.04. The molecule has 1 saturated heterocycles. The molecule has 3 amide bonds. The Bertz CT molecular complexity index is 724. The van der Waals surface area contributed by atoms with Gasteiger partial charge in [0.05, 0.1) is 11.4 Å². The molecule has 0 aliphatic carbocycles. The molecular formula is C13H11F4N3O2S2. The number of nitrogens with two attached hydrogens (primary N) is 1. The maximum Gasteiger partial charge on any atom is 0.398 e. The van der Waals surface area contributed by atoms with Crippen molar-refractivity contribution in [3.63, 3.8) is 0 Å². The van der Waals surface area contributed by atoms with Crippen molar-refractivity contribution >= 4 is 46.7 Å². The lowest BCUT2D eigenvalue weighted by atomic mass is 10.2. The second-order valence-corrected chi connectivity index (χ2v) is 6.29. The maximum atomic E-state index is 14.2. The second kappa shape index (κ2) is 6.55. The van der Waals surface area contributed by atoms with Gasteiger partial charge in [-0.1, -0.05) is 0 Å². The Balaban J connectivity index is 2.38. The Hall–Kier alpha value is -1.88. The number of nitrogens with zero attached hydrogens (tertiary/aromatic N) is 2. The molecule has 1 aliphatic heterocycles. The van der Waals surface area contributed by atoms with Crippen molar-refractivity contribution in [1.82, 2.24) is 4.90 Å². The summed E-state index contributed by atoms with van der Waals surface area (Å²) in [5, 5.41) is -0.318. The van der Waals surface area contributed by atoms with E-state index >= 15 is 0 Å². The number of alkyl halides is 3. The minimum absolute atomic E-state index is 0.150. The Morgan fingerprint density at radius 3 is 2.54 bits per heavy atom. The monoisotopic (exact) mass is 381 g/mol. The van der Waals surface area contributed by atoms with E-state index in [0.29, 0.717) is 11.8 Å². The summed E-state index contributed by atoms with van der Waals surface area (Å²) in [5.74, 6) is -2.70. The van der Waals surface area contributed by atoms with E-state index in [2.05, 4.69) is 0 Å². The topological polar surface area (TPSA) is 66.6 Å². The third kappa shape index (κ3) is 3.78. The summed E-state index contributed by atoms with van der Waals surface area (Å²) < 4.78 is 51.4. The number of carbonyl (C=O) groups is 2. The van der Waals surface area contributed by atoms with Gasteiger partial charge in [-0.2, -0.15) is 13.2 Å². The molecule has 130 valence electrons. The normalized spacial score (nSPS) is 15.4. The van der Waals surface area contributed by atoms with Gasteiger partial charge in [-0.25, -0.2) is 9.18 Å². The predicted molar refractivity (Wildman–Crippen MR) is 84.3 cm³/mol. The molecule has 2 rings (SSSR count). The molecule has 1 aliphatic rings. The molecule has 1 aromatic rings. The van der Waals surface area contributed by atoms with Crippen molar-refractivity contribution in [3.05, 3.63) is 23.5 Å². The maximum absolute atomic E-state index is 14.2. The van der Waals surface area contributed by atoms with Crippen molar-refractivity contribution in [1.29, 1.82) is 0 Å². The molecule has 2 N–H and O–H groups in total. The van der Waals surface area contributed by atoms with Gasteiger partial charge in [-0.15, -0.1) is 11.8 Å². The van der Waals surface area contributed by atoms with Crippen molar-refractivity contribution in [2.75, 3.05) is 17.2 Å². The highest BCUT2D eigenvalue weighted by Crippen LogP contribution is 2.35. The SMILES string of the molecule is Cc1cc(F)c(N2C(=O)CN(C(N)=O)C2=S)cc1SCC(F)(F)F. The number of amides is 3. The van der Waals surface area contributed by atoms with Gasteiger partial charge in [0.1, 0.15) is 12.4 Å². The van der Waals surface area contributed by atoms with Crippen LogP contribution >= 0.6 is 24.0 Å². The number of aryl methyl sites for hydroxylation is 1. The Morgan fingerprint density at radius 2 is 2.04 bits per heavy atom. The standard InChI is InChI=1S/C13H11F4N3O2S2/c1-6-2-7(14)8(3-9(6)24-5-13(15,16)17)20-10(21)4-19(11(18)22)12(20)23/h2-3H,4-5H2,1H3,(H2,18,22). The van der Waals surface area contributed by atoms with E-state index in [4.69, 9.17) is 18.0 Å². The van der Waals surface area contributed by atoms with E-state index in [1.807, 2.05) is 0 Å². The van der Waals surface area contributed by atoms with E-state index in [-0.39, 0.29) is 21.3 Å². The van der Waals surface area contributed by atoms with E-state index in [0.717, 1.165) is 21.9 Å². The lowest BCUT2D eigenvalue weighted by Gasteiger charge is -2.20. The molecule has 0 spiro atoms. The summed E-state index contributed by atoms with van der Waals surface area (Å²) in [6, 6.07) is 1.14. The van der Waals surface area contributed by atoms with Crippen molar-refractivity contribution in [2.24, 2.45) is 5.73 Å². The van der Waals surface area contributed by atoms with Crippen molar-refractivity contribution in [2.45, 2.75) is 18.0 Å². The molecule has 1 aromatic carbocycles. The van der Waals surface area contributed by atoms with Crippen LogP contribution in [-0.2, 0) is 4.79 Å². The molecule has 0 atom stereocenters. The van der Waals surface area contributed by atoms with Gasteiger partial charge in [0.25, 0.3) is 5.91 Å². The fourth-order valence-corrected chi connectivity index (χ4v) is 3.19. The number of hydrogen-bond acceptors (Lipinski definition) is 4. The average molecular weight is 381 g/mol. The zero-order valence-corrected chi connectivity index (χ0v) is 13.8. The van der Waals surface area contributed by atoms with Crippen LogP contribution in [0.3, 0.4) is 0 Å². The van der Waals surface area contributed by atoms with Gasteiger partial charge in [-0.05, 0) is 36.8 Å². The van der Waals surface area contributed by atoms with Gasteiger partial charge < -0.3 is 5.73 Å². The number of halogens is 4. The lowest BCUT2D eigenvalue weighted by Crippen LogP contribution is -2.39. The van der Waals surface area contributed by atoms with Gasteiger partial charge in [0, 0.05) is 4.90 Å². The van der Waals surface area contributed by atoms with Crippen LogP contribution in [-0.4, -0.2) is 40.4 Å². The summed E-state index contributed by atoms with van der Waals surface area (Å²) in [7, 11) is 0. The third-order valence-corrected chi connectivity index (χ3v) is 4.73. The molecular weight excluding hydrogens is 370 g/mol. The first-order valence-electron chi connectivity index (χ1n) is 6.45. The molecule has 0 unspecified atom stereocenters. The van der Waals surface area contributed by atoms with Crippen molar-refractivity contribution in [3.8, 4) is 0 Å². The van der Waals surface area contributed by atoms with Gasteiger partial charge >= 0.3 is 12.2 Å². The summed E-state index contributed by atoms with van der Waals surface area (Å²) in [5.41, 5.74) is 5.05. The molecule has 0 radical (unpaired) electrons. The van der Waals surface area contributed by atoms with Gasteiger partial charge in [0.15, 0.2) is 5.11 Å². The van der Waals surface area contributed by atoms with E-state index < -0.39 is 36.2 Å². The Labute approximate surface area is 143 Å². The van der Waals surface area contributed by atoms with Crippen LogP contribution in [0.25, 0.3) is 0 Å². The predicted octanol–water partition coefficient (Wildman–Crippen LogP) is 2.80. The van der Waals surface area contributed by atoms with Crippen LogP contribution in [0.15, 0.2) is 17.0 Å². The van der Waals surface area contributed by atoms with E-state index in [9.17, 15) is 27.2 Å². The molecule has 0 bridgehead atoms. The van der Waals surface area contributed by atoms with Crippen molar-refractivity contribution < 1.29 is 27.2 Å². The Morgan fingerprint density at radius 1 is 1.42 bits per heavy atom. The highest BCUT2D eigenvalue weighted by Gasteiger charge is 2.38. The number of urea groups is 1. The van der Waals surface area contributed by atoms with Crippen LogP contribution in [0.4, 0.5) is 28.0 Å². The number of benzene rings is 1. The first-order chi connectivity index (χ1) is 11.0. The first-order valence-corrected chi connectivity index (χ1v) is 7.84. The molecule has 1 heterocycles. The summed E-state index contributed by atoms with van der Waals surface area (Å²) in [4.78, 5) is 24.9. The summed E-state index contributed by atoms with van der Waals surface area (Å²) in [6.07, 6.45) is -4.40. The number of rotatable bonds is 3.